The molecule has 3 nitrogen and oxygen atoms in total. The van der Waals surface area contributed by atoms with Crippen LogP contribution in [-0.2, 0) is 11.3 Å². The number of carbonyl (C=O) groups excluding carboxylic acids is 1. The van der Waals surface area contributed by atoms with E-state index in [0.29, 0.717) is 6.42 Å². The number of benzene rings is 2. The van der Waals surface area contributed by atoms with Gasteiger partial charge in [-0.25, -0.2) is 0 Å². The number of thioether (sulfide) groups is 2. The van der Waals surface area contributed by atoms with Crippen LogP contribution in [0.5, 0.6) is 0 Å². The minimum atomic E-state index is -0.0573. The maximum Gasteiger partial charge on any atom is 0.249 e. The molecule has 0 saturated carbocycles. The van der Waals surface area contributed by atoms with E-state index in [-0.39, 0.29) is 5.91 Å². The van der Waals surface area contributed by atoms with Crippen LogP contribution in [0.3, 0.4) is 0 Å². The highest BCUT2D eigenvalue weighted by atomic mass is 79.9. The lowest BCUT2D eigenvalue weighted by molar-refractivity contribution is -0.117. The van der Waals surface area contributed by atoms with Gasteiger partial charge in [0.25, 0.3) is 0 Å². The summed E-state index contributed by atoms with van der Waals surface area (Å²) in [6.07, 6.45) is 2.54. The smallest absolute Gasteiger partial charge is 0.249 e. The SMILES string of the molecule is CSCCn1c(=NC(=O)CCSc2ccc(C)cc2)sc2cc(Br)ccc21. The number of hydrogen-bond acceptors (Lipinski definition) is 4. The highest BCUT2D eigenvalue weighted by Crippen LogP contribution is 2.23. The first kappa shape index (κ1) is 20.7. The Morgan fingerprint density at radius 3 is 2.70 bits per heavy atom. The Kier molecular flexibility index (Phi) is 7.64. The van der Waals surface area contributed by atoms with Crippen molar-refractivity contribution in [2.75, 3.05) is 17.8 Å². The second-order valence-electron chi connectivity index (χ2n) is 6.06. The third-order valence-electron chi connectivity index (χ3n) is 3.99. The van der Waals surface area contributed by atoms with Gasteiger partial charge in [-0.2, -0.15) is 16.8 Å². The van der Waals surface area contributed by atoms with Crippen LogP contribution in [0.2, 0.25) is 0 Å². The Morgan fingerprint density at radius 2 is 1.96 bits per heavy atom. The minimum Gasteiger partial charge on any atom is -0.316 e. The third-order valence-corrected chi connectivity index (χ3v) is 7.13. The van der Waals surface area contributed by atoms with Crippen molar-refractivity contribution in [3.05, 3.63) is 57.3 Å². The zero-order valence-corrected chi connectivity index (χ0v) is 19.3. The largest absolute Gasteiger partial charge is 0.316 e. The summed E-state index contributed by atoms with van der Waals surface area (Å²) in [5.41, 5.74) is 2.38. The van der Waals surface area contributed by atoms with Gasteiger partial charge in [0.05, 0.1) is 10.2 Å². The van der Waals surface area contributed by atoms with E-state index in [1.54, 1.807) is 34.9 Å². The number of amides is 1. The van der Waals surface area contributed by atoms with E-state index in [1.165, 1.54) is 10.5 Å². The summed E-state index contributed by atoms with van der Waals surface area (Å²) in [4.78, 5) is 18.8. The molecule has 0 saturated heterocycles. The van der Waals surface area contributed by atoms with Crippen molar-refractivity contribution >= 4 is 66.9 Å². The zero-order valence-electron chi connectivity index (χ0n) is 15.3. The minimum absolute atomic E-state index is 0.0573. The first-order chi connectivity index (χ1) is 13.1. The molecule has 0 aliphatic rings. The molecule has 1 heterocycles. The molecule has 142 valence electrons. The lowest BCUT2D eigenvalue weighted by Crippen LogP contribution is -2.18. The van der Waals surface area contributed by atoms with Crippen molar-refractivity contribution in [3.63, 3.8) is 0 Å². The van der Waals surface area contributed by atoms with Crippen LogP contribution in [0.1, 0.15) is 12.0 Å². The van der Waals surface area contributed by atoms with Gasteiger partial charge in [-0.05, 0) is 43.5 Å². The fourth-order valence-corrected chi connectivity index (χ4v) is 5.42. The van der Waals surface area contributed by atoms with E-state index >= 15 is 0 Å². The van der Waals surface area contributed by atoms with Crippen LogP contribution < -0.4 is 4.80 Å². The summed E-state index contributed by atoms with van der Waals surface area (Å²) in [5, 5.41) is 0. The summed E-state index contributed by atoms with van der Waals surface area (Å²) >= 11 is 8.60. The Morgan fingerprint density at radius 1 is 1.19 bits per heavy atom. The van der Waals surface area contributed by atoms with Crippen molar-refractivity contribution in [3.8, 4) is 0 Å². The molecule has 0 fully saturated rings. The van der Waals surface area contributed by atoms with Gasteiger partial charge in [0.2, 0.25) is 5.91 Å². The summed E-state index contributed by atoms with van der Waals surface area (Å²) in [7, 11) is 0. The Hall–Kier alpha value is -1.02. The van der Waals surface area contributed by atoms with Gasteiger partial charge in [0.1, 0.15) is 0 Å². The van der Waals surface area contributed by atoms with Gasteiger partial charge in [0, 0.05) is 33.8 Å². The van der Waals surface area contributed by atoms with Gasteiger partial charge in [-0.1, -0.05) is 45.0 Å². The number of thiazole rings is 1. The quantitative estimate of drug-likeness (QED) is 0.403. The maximum atomic E-state index is 12.4. The van der Waals surface area contributed by atoms with Crippen LogP contribution in [-0.4, -0.2) is 28.2 Å². The average Bonchev–Trinajstić information content (AvgIpc) is 2.97. The molecule has 3 rings (SSSR count). The van der Waals surface area contributed by atoms with Crippen LogP contribution in [0.15, 0.2) is 56.8 Å². The molecular formula is C20H21BrN2OS3. The summed E-state index contributed by atoms with van der Waals surface area (Å²) < 4.78 is 4.35. The first-order valence-corrected chi connectivity index (χ1v) is 12.6. The molecule has 0 aliphatic carbocycles. The summed E-state index contributed by atoms with van der Waals surface area (Å²) in [6.45, 7) is 2.93. The fraction of sp³-hybridized carbons (Fsp3) is 0.300. The molecule has 0 radical (unpaired) electrons. The van der Waals surface area contributed by atoms with Gasteiger partial charge in [-0.15, -0.1) is 11.8 Å². The second-order valence-corrected chi connectivity index (χ2v) is 10.1. The molecular weight excluding hydrogens is 460 g/mol. The highest BCUT2D eigenvalue weighted by Gasteiger charge is 2.08. The van der Waals surface area contributed by atoms with Crippen LogP contribution in [0.4, 0.5) is 0 Å². The number of aromatic nitrogens is 1. The van der Waals surface area contributed by atoms with E-state index in [4.69, 9.17) is 0 Å². The van der Waals surface area contributed by atoms with Crippen LogP contribution in [0, 0.1) is 6.92 Å². The first-order valence-electron chi connectivity index (χ1n) is 8.61. The monoisotopic (exact) mass is 480 g/mol. The van der Waals surface area contributed by atoms with E-state index < -0.39 is 0 Å². The number of rotatable bonds is 7. The van der Waals surface area contributed by atoms with Gasteiger partial charge in [-0.3, -0.25) is 4.79 Å². The van der Waals surface area contributed by atoms with Crippen molar-refractivity contribution in [2.45, 2.75) is 24.8 Å². The molecule has 0 spiro atoms. The predicted molar refractivity (Wildman–Crippen MR) is 123 cm³/mol. The number of carbonyl (C=O) groups is 1. The maximum absolute atomic E-state index is 12.4. The number of fused-ring (bicyclic) bond motifs is 1. The molecule has 0 unspecified atom stereocenters. The van der Waals surface area contributed by atoms with Crippen molar-refractivity contribution in [1.29, 1.82) is 0 Å². The Bertz CT molecular complexity index is 993. The molecule has 2 aromatic carbocycles. The van der Waals surface area contributed by atoms with Crippen molar-refractivity contribution < 1.29 is 4.79 Å². The van der Waals surface area contributed by atoms with E-state index in [0.717, 1.165) is 37.5 Å². The molecule has 1 amide bonds. The topological polar surface area (TPSA) is 34.4 Å². The van der Waals surface area contributed by atoms with Gasteiger partial charge in [0.15, 0.2) is 4.80 Å². The number of aryl methyl sites for hydroxylation is 2. The van der Waals surface area contributed by atoms with E-state index in [9.17, 15) is 4.79 Å². The number of hydrogen-bond donors (Lipinski definition) is 0. The van der Waals surface area contributed by atoms with Crippen LogP contribution >= 0.6 is 50.8 Å². The van der Waals surface area contributed by atoms with Crippen molar-refractivity contribution in [1.82, 2.24) is 4.57 Å². The number of halogens is 1. The van der Waals surface area contributed by atoms with Crippen LogP contribution in [0.25, 0.3) is 10.2 Å². The summed E-state index contributed by atoms with van der Waals surface area (Å²) in [6, 6.07) is 14.6. The van der Waals surface area contributed by atoms with Gasteiger partial charge < -0.3 is 4.57 Å². The van der Waals surface area contributed by atoms with E-state index in [1.807, 2.05) is 6.07 Å². The molecule has 0 aliphatic heterocycles. The second kappa shape index (κ2) is 9.96. The molecule has 3 aromatic rings. The van der Waals surface area contributed by atoms with Gasteiger partial charge >= 0.3 is 0 Å². The predicted octanol–water partition coefficient (Wildman–Crippen LogP) is 5.75. The lowest BCUT2D eigenvalue weighted by atomic mass is 10.2. The molecule has 1 aromatic heterocycles. The molecule has 7 heteroatoms. The Labute approximate surface area is 180 Å². The third kappa shape index (κ3) is 5.73. The molecule has 0 bridgehead atoms. The molecule has 0 atom stereocenters. The normalized spacial score (nSPS) is 12.0. The fourth-order valence-electron chi connectivity index (χ4n) is 2.58. The summed E-state index contributed by atoms with van der Waals surface area (Å²) in [5.74, 6) is 1.68. The van der Waals surface area contributed by atoms with E-state index in [2.05, 4.69) is 75.1 Å². The molecule has 0 N–H and O–H groups in total. The standard InChI is InChI=1S/C20H21BrN2OS3/c1-14-3-6-16(7-4-14)26-11-9-19(24)22-20-23(10-12-25-2)17-8-5-15(21)13-18(17)27-20/h3-8,13H,9-12H2,1-2H3. The molecule has 27 heavy (non-hydrogen) atoms. The Balaban J connectivity index is 1.75. The lowest BCUT2D eigenvalue weighted by Gasteiger charge is -2.04. The number of nitrogens with zero attached hydrogens (tertiary/aromatic N) is 2. The zero-order chi connectivity index (χ0) is 19.2. The average molecular weight is 482 g/mol. The van der Waals surface area contributed by atoms with Crippen molar-refractivity contribution in [2.24, 2.45) is 4.99 Å². The highest BCUT2D eigenvalue weighted by molar-refractivity contribution is 9.10.